The van der Waals surface area contributed by atoms with Gasteiger partial charge in [-0.1, -0.05) is 23.7 Å². The Hall–Kier alpha value is -2.97. The first-order chi connectivity index (χ1) is 13.5. The molecule has 0 aromatic heterocycles. The molecule has 0 aliphatic heterocycles. The van der Waals surface area contributed by atoms with Crippen molar-refractivity contribution in [1.29, 1.82) is 0 Å². The number of methoxy groups -OCH3 is 1. The maximum atomic E-state index is 13.0. The van der Waals surface area contributed by atoms with Gasteiger partial charge < -0.3 is 14.8 Å². The van der Waals surface area contributed by atoms with Crippen LogP contribution in [-0.2, 0) is 20.9 Å². The number of carbonyl (C=O) groups is 2. The molecule has 2 amide bonds. The van der Waals surface area contributed by atoms with Gasteiger partial charge in [0.1, 0.15) is 18.2 Å². The highest BCUT2D eigenvalue weighted by molar-refractivity contribution is 6.35. The largest absolute Gasteiger partial charge is 0.488 e. The van der Waals surface area contributed by atoms with E-state index < -0.39 is 11.8 Å². The number of nitrogens with one attached hydrogen (secondary N) is 2. The van der Waals surface area contributed by atoms with Crippen molar-refractivity contribution in [3.8, 4) is 5.75 Å². The standard InChI is InChI=1S/C19H19ClFN3O4/c1-27-9-8-22-18(25)19(26)24-23-11-14-10-15(20)4-7-17(14)28-12-13-2-5-16(21)6-3-13/h2-7,10-11H,8-9,12H2,1H3,(H,22,25)(H,24,26)/b23-11-. The summed E-state index contributed by atoms with van der Waals surface area (Å²) in [6.45, 7) is 0.707. The maximum Gasteiger partial charge on any atom is 0.329 e. The SMILES string of the molecule is COCCNC(=O)C(=O)N/N=C\c1cc(Cl)ccc1OCc1ccc(F)cc1. The van der Waals surface area contributed by atoms with E-state index in [0.29, 0.717) is 22.9 Å². The quantitative estimate of drug-likeness (QED) is 0.304. The van der Waals surface area contributed by atoms with E-state index in [9.17, 15) is 14.0 Å². The van der Waals surface area contributed by atoms with Crippen molar-refractivity contribution < 1.29 is 23.5 Å². The molecule has 0 fully saturated rings. The number of rotatable bonds is 8. The topological polar surface area (TPSA) is 89.0 Å². The van der Waals surface area contributed by atoms with Crippen molar-refractivity contribution in [3.63, 3.8) is 0 Å². The lowest BCUT2D eigenvalue weighted by atomic mass is 10.2. The smallest absolute Gasteiger partial charge is 0.329 e. The summed E-state index contributed by atoms with van der Waals surface area (Å²) >= 11 is 5.99. The van der Waals surface area contributed by atoms with Gasteiger partial charge in [-0.05, 0) is 35.9 Å². The molecule has 2 rings (SSSR count). The molecule has 7 nitrogen and oxygen atoms in total. The molecule has 2 aromatic carbocycles. The van der Waals surface area contributed by atoms with E-state index in [0.717, 1.165) is 5.56 Å². The zero-order chi connectivity index (χ0) is 20.4. The molecule has 2 aromatic rings. The van der Waals surface area contributed by atoms with Gasteiger partial charge in [-0.25, -0.2) is 9.82 Å². The summed E-state index contributed by atoms with van der Waals surface area (Å²) in [6.07, 6.45) is 1.31. The first-order valence-electron chi connectivity index (χ1n) is 8.26. The third-order valence-electron chi connectivity index (χ3n) is 3.45. The summed E-state index contributed by atoms with van der Waals surface area (Å²) < 4.78 is 23.4. The number of hydrazone groups is 1. The molecule has 148 valence electrons. The average Bonchev–Trinajstić information content (AvgIpc) is 2.68. The highest BCUT2D eigenvalue weighted by Gasteiger charge is 2.11. The molecule has 0 saturated carbocycles. The van der Waals surface area contributed by atoms with Crippen molar-refractivity contribution in [1.82, 2.24) is 10.7 Å². The predicted octanol–water partition coefficient (Wildman–Crippen LogP) is 2.27. The molecule has 0 aliphatic carbocycles. The molecule has 9 heteroatoms. The van der Waals surface area contributed by atoms with Gasteiger partial charge in [0.25, 0.3) is 0 Å². The predicted molar refractivity (Wildman–Crippen MR) is 103 cm³/mol. The van der Waals surface area contributed by atoms with Crippen LogP contribution >= 0.6 is 11.6 Å². The van der Waals surface area contributed by atoms with E-state index >= 15 is 0 Å². The van der Waals surface area contributed by atoms with Gasteiger partial charge in [-0.15, -0.1) is 0 Å². The fourth-order valence-electron chi connectivity index (χ4n) is 2.05. The number of carbonyl (C=O) groups excluding carboxylic acids is 2. The van der Waals surface area contributed by atoms with Gasteiger partial charge in [0.2, 0.25) is 0 Å². The van der Waals surface area contributed by atoms with Gasteiger partial charge in [0, 0.05) is 24.2 Å². The Morgan fingerprint density at radius 1 is 1.18 bits per heavy atom. The summed E-state index contributed by atoms with van der Waals surface area (Å²) in [6, 6.07) is 10.8. The molecule has 0 bridgehead atoms. The second kappa shape index (κ2) is 11.0. The Morgan fingerprint density at radius 2 is 1.93 bits per heavy atom. The first kappa shape index (κ1) is 21.3. The van der Waals surface area contributed by atoms with Crippen LogP contribution in [0.15, 0.2) is 47.6 Å². The van der Waals surface area contributed by atoms with Crippen LogP contribution in [0.5, 0.6) is 5.75 Å². The van der Waals surface area contributed by atoms with Crippen molar-refractivity contribution in [2.75, 3.05) is 20.3 Å². The molecule has 28 heavy (non-hydrogen) atoms. The normalized spacial score (nSPS) is 10.7. The second-order valence-electron chi connectivity index (χ2n) is 5.55. The van der Waals surface area contributed by atoms with Crippen molar-refractivity contribution in [2.45, 2.75) is 6.61 Å². The summed E-state index contributed by atoms with van der Waals surface area (Å²) in [4.78, 5) is 23.2. The molecule has 0 atom stereocenters. The number of ether oxygens (including phenoxy) is 2. The van der Waals surface area contributed by atoms with E-state index in [1.165, 1.54) is 25.5 Å². The zero-order valence-electron chi connectivity index (χ0n) is 15.1. The van der Waals surface area contributed by atoms with Crippen molar-refractivity contribution >= 4 is 29.6 Å². The highest BCUT2D eigenvalue weighted by Crippen LogP contribution is 2.22. The molecule has 0 unspecified atom stereocenters. The van der Waals surface area contributed by atoms with Crippen LogP contribution in [0, 0.1) is 5.82 Å². The number of benzene rings is 2. The zero-order valence-corrected chi connectivity index (χ0v) is 15.8. The molecule has 0 radical (unpaired) electrons. The summed E-state index contributed by atoms with van der Waals surface area (Å²) in [7, 11) is 1.48. The minimum absolute atomic E-state index is 0.205. The molecule has 0 heterocycles. The Balaban J connectivity index is 1.97. The van der Waals surface area contributed by atoms with Crippen LogP contribution in [0.2, 0.25) is 5.02 Å². The molecule has 0 aliphatic rings. The molecular formula is C19H19ClFN3O4. The van der Waals surface area contributed by atoms with Crippen LogP contribution in [0.3, 0.4) is 0 Å². The second-order valence-corrected chi connectivity index (χ2v) is 5.98. The minimum Gasteiger partial charge on any atom is -0.488 e. The van der Waals surface area contributed by atoms with Crippen LogP contribution in [0.1, 0.15) is 11.1 Å². The third-order valence-corrected chi connectivity index (χ3v) is 3.68. The maximum absolute atomic E-state index is 13.0. The number of halogens is 2. The van der Waals surface area contributed by atoms with Gasteiger partial charge in [-0.3, -0.25) is 9.59 Å². The summed E-state index contributed by atoms with van der Waals surface area (Å²) in [5, 5.41) is 6.57. The van der Waals surface area contributed by atoms with E-state index in [4.69, 9.17) is 21.1 Å². The van der Waals surface area contributed by atoms with Crippen molar-refractivity contribution in [3.05, 3.63) is 64.4 Å². The highest BCUT2D eigenvalue weighted by atomic mass is 35.5. The molecule has 0 saturated heterocycles. The number of nitrogens with zero attached hydrogens (tertiary/aromatic N) is 1. The lowest BCUT2D eigenvalue weighted by Gasteiger charge is -2.09. The van der Waals surface area contributed by atoms with Gasteiger partial charge in [-0.2, -0.15) is 5.10 Å². The van der Waals surface area contributed by atoms with E-state index in [1.54, 1.807) is 30.3 Å². The summed E-state index contributed by atoms with van der Waals surface area (Å²) in [5.41, 5.74) is 3.40. The Kier molecular flexibility index (Phi) is 8.38. The number of hydrogen-bond acceptors (Lipinski definition) is 5. The lowest BCUT2D eigenvalue weighted by Crippen LogP contribution is -2.39. The van der Waals surface area contributed by atoms with Gasteiger partial charge >= 0.3 is 11.8 Å². The van der Waals surface area contributed by atoms with E-state index in [1.807, 2.05) is 0 Å². The van der Waals surface area contributed by atoms with E-state index in [2.05, 4.69) is 15.8 Å². The first-order valence-corrected chi connectivity index (χ1v) is 8.64. The average molecular weight is 408 g/mol. The van der Waals surface area contributed by atoms with Crippen LogP contribution in [0.4, 0.5) is 4.39 Å². The third kappa shape index (κ3) is 6.98. The summed E-state index contributed by atoms with van der Waals surface area (Å²) in [5.74, 6) is -1.61. The monoisotopic (exact) mass is 407 g/mol. The Labute approximate surface area is 166 Å². The minimum atomic E-state index is -0.914. The van der Waals surface area contributed by atoms with E-state index in [-0.39, 0.29) is 19.0 Å². The van der Waals surface area contributed by atoms with Gasteiger partial charge in [0.05, 0.1) is 12.8 Å². The van der Waals surface area contributed by atoms with Gasteiger partial charge in [0.15, 0.2) is 0 Å². The number of amides is 2. The lowest BCUT2D eigenvalue weighted by molar-refractivity contribution is -0.139. The van der Waals surface area contributed by atoms with Crippen LogP contribution in [-0.4, -0.2) is 38.3 Å². The molecular weight excluding hydrogens is 389 g/mol. The molecule has 2 N–H and O–H groups in total. The van der Waals surface area contributed by atoms with Crippen LogP contribution in [0.25, 0.3) is 0 Å². The number of hydrogen-bond donors (Lipinski definition) is 2. The fourth-order valence-corrected chi connectivity index (χ4v) is 2.23. The van der Waals surface area contributed by atoms with Crippen LogP contribution < -0.4 is 15.5 Å². The fraction of sp³-hybridized carbons (Fsp3) is 0.211. The Bertz CT molecular complexity index is 844. The van der Waals surface area contributed by atoms with Crippen molar-refractivity contribution in [2.24, 2.45) is 5.10 Å². The molecule has 0 spiro atoms. The Morgan fingerprint density at radius 3 is 2.64 bits per heavy atom.